The fraction of sp³-hybridized carbons (Fsp3) is 0.250. The molecule has 0 aliphatic heterocycles. The SMILES string of the molecule is CC.CF.Cc1cccc2c1-c1c(B(F)F)cccc1-2.FF.[Ar]. The van der Waals surface area contributed by atoms with E-state index in [0.29, 0.717) is 7.18 Å². The second-order valence-electron chi connectivity index (χ2n) is 4.07. The average molecular weight is 356 g/mol. The summed E-state index contributed by atoms with van der Waals surface area (Å²) < 4.78 is 51.2. The van der Waals surface area contributed by atoms with Gasteiger partial charge >= 0.3 is 7.27 Å². The Morgan fingerprint density at radius 3 is 1.70 bits per heavy atom. The van der Waals surface area contributed by atoms with Crippen LogP contribution in [0.15, 0.2) is 36.4 Å². The summed E-state index contributed by atoms with van der Waals surface area (Å²) in [5.74, 6) is 0. The summed E-state index contributed by atoms with van der Waals surface area (Å²) in [5.41, 5.74) is 5.01. The maximum Gasteiger partial charge on any atom is 0.572 e. The third kappa shape index (κ3) is 5.20. The summed E-state index contributed by atoms with van der Waals surface area (Å²) in [6.07, 6.45) is 0. The molecule has 0 fully saturated rings. The van der Waals surface area contributed by atoms with Crippen LogP contribution >= 0.6 is 0 Å². The molecule has 0 aromatic heterocycles. The molecule has 7 heteroatoms. The number of hydrogen-bond acceptors (Lipinski definition) is 0. The van der Waals surface area contributed by atoms with Crippen LogP contribution in [0.3, 0.4) is 0 Å². The molecule has 0 saturated carbocycles. The Hall–Kier alpha value is -0.585. The van der Waals surface area contributed by atoms with E-state index < -0.39 is 7.27 Å². The van der Waals surface area contributed by atoms with Crippen LogP contribution in [-0.4, -0.2) is 14.4 Å². The molecule has 0 nitrogen and oxygen atoms in total. The summed E-state index contributed by atoms with van der Waals surface area (Å²) in [6.45, 7) is 5.96. The summed E-state index contributed by atoms with van der Waals surface area (Å²) in [7, 11) is -1.90. The molecule has 0 bridgehead atoms. The van der Waals surface area contributed by atoms with Gasteiger partial charge in [0.15, 0.2) is 0 Å². The summed E-state index contributed by atoms with van der Waals surface area (Å²) in [5, 5.41) is 0. The molecule has 0 heterocycles. The summed E-state index contributed by atoms with van der Waals surface area (Å²) >= 11 is 0. The van der Waals surface area contributed by atoms with Gasteiger partial charge in [0.25, 0.3) is 0 Å². The molecular formula is C16H18ArBF5. The first kappa shape index (κ1) is 24.7. The van der Waals surface area contributed by atoms with Gasteiger partial charge in [-0.05, 0) is 40.2 Å². The maximum absolute atomic E-state index is 12.9. The van der Waals surface area contributed by atoms with E-state index in [1.807, 2.05) is 45.0 Å². The molecule has 0 unspecified atom stereocenters. The van der Waals surface area contributed by atoms with E-state index in [2.05, 4.69) is 0 Å². The van der Waals surface area contributed by atoms with E-state index in [9.17, 15) is 13.0 Å². The second-order valence-corrected chi connectivity index (χ2v) is 4.07. The average Bonchev–Trinajstić information content (AvgIpc) is 2.57. The second kappa shape index (κ2) is 12.8. The van der Waals surface area contributed by atoms with Crippen molar-refractivity contribution in [1.29, 1.82) is 0 Å². The first-order chi connectivity index (χ1) is 10.7. The minimum absolute atomic E-state index is 0. The van der Waals surface area contributed by atoms with Crippen molar-refractivity contribution < 1.29 is 59.9 Å². The fourth-order valence-electron chi connectivity index (χ4n) is 2.42. The van der Waals surface area contributed by atoms with E-state index in [1.54, 1.807) is 6.07 Å². The van der Waals surface area contributed by atoms with Gasteiger partial charge in [-0.2, -0.15) is 0 Å². The van der Waals surface area contributed by atoms with E-state index in [0.717, 1.165) is 27.8 Å². The largest absolute Gasteiger partial charge is 0.572 e. The number of rotatable bonds is 1. The molecule has 128 valence electrons. The number of alkyl halides is 1. The third-order valence-electron chi connectivity index (χ3n) is 3.14. The van der Waals surface area contributed by atoms with Gasteiger partial charge in [-0.25, -0.2) is 0 Å². The Bertz CT molecular complexity index is 591. The van der Waals surface area contributed by atoms with Gasteiger partial charge in [-0.3, -0.25) is 13.0 Å². The molecule has 23 heavy (non-hydrogen) atoms. The van der Waals surface area contributed by atoms with Gasteiger partial charge in [0.1, 0.15) is 0 Å². The normalized spacial score (nSPS) is 8.74. The number of benzene rings is 2. The van der Waals surface area contributed by atoms with Gasteiger partial charge < -0.3 is 0 Å². The van der Waals surface area contributed by atoms with Crippen LogP contribution in [-0.2, 0) is 0 Å². The molecule has 0 atom stereocenters. The van der Waals surface area contributed by atoms with Crippen molar-refractivity contribution in [2.24, 2.45) is 0 Å². The molecule has 0 radical (unpaired) electrons. The van der Waals surface area contributed by atoms with Crippen LogP contribution in [0, 0.1) is 44.7 Å². The molecule has 2 aromatic rings. The maximum atomic E-state index is 12.9. The quantitative estimate of drug-likeness (QED) is 0.386. The van der Waals surface area contributed by atoms with E-state index in [4.69, 9.17) is 9.15 Å². The minimum atomic E-state index is -2.40. The number of aryl methyl sites for hydroxylation is 1. The van der Waals surface area contributed by atoms with Crippen LogP contribution in [0.1, 0.15) is 19.4 Å². The number of halogens is 5. The smallest absolute Gasteiger partial charge is 0.281 e. The monoisotopic (exact) mass is 356 g/mol. The molecule has 0 saturated heterocycles. The van der Waals surface area contributed by atoms with Crippen molar-refractivity contribution in [3.05, 3.63) is 42.0 Å². The Balaban J connectivity index is 0. The molecule has 0 amide bonds. The van der Waals surface area contributed by atoms with Gasteiger partial charge in [0.2, 0.25) is 0 Å². The number of hydrogen-bond donors (Lipinski definition) is 0. The van der Waals surface area contributed by atoms with Crippen molar-refractivity contribution >= 4 is 12.7 Å². The zero-order chi connectivity index (χ0) is 17.3. The Labute approximate surface area is 164 Å². The Morgan fingerprint density at radius 1 is 0.783 bits per heavy atom. The van der Waals surface area contributed by atoms with E-state index in [-0.39, 0.29) is 43.2 Å². The molecule has 0 N–H and O–H groups in total. The summed E-state index contributed by atoms with van der Waals surface area (Å²) in [4.78, 5) is 0. The zero-order valence-corrected chi connectivity index (χ0v) is 14.0. The van der Waals surface area contributed by atoms with Crippen LogP contribution in [0.4, 0.5) is 22.2 Å². The standard InChI is InChI=1S/C13H9BF2.C2H6.CH3F.Ar.F2/c1-8-4-2-5-9-10-6-3-7-11(14(15)16)13(10)12(8)9;2*1-2;;1-2/h2-7H,1H3;1-2H3;1H3;;. The molecule has 1 aliphatic rings. The van der Waals surface area contributed by atoms with Gasteiger partial charge in [0, 0.05) is 46.9 Å². The van der Waals surface area contributed by atoms with Crippen molar-refractivity contribution in [3.63, 3.8) is 0 Å². The first-order valence-corrected chi connectivity index (χ1v) is 6.73. The van der Waals surface area contributed by atoms with Gasteiger partial charge in [-0.1, -0.05) is 50.2 Å². The van der Waals surface area contributed by atoms with Crippen molar-refractivity contribution in [2.75, 3.05) is 7.18 Å². The molecule has 3 rings (SSSR count). The van der Waals surface area contributed by atoms with E-state index in [1.165, 1.54) is 6.07 Å². The molecular weight excluding hydrogens is 338 g/mol. The predicted octanol–water partition coefficient (Wildman–Crippen LogP) is 5.73. The van der Waals surface area contributed by atoms with E-state index >= 15 is 0 Å². The van der Waals surface area contributed by atoms with Crippen molar-refractivity contribution in [1.82, 2.24) is 0 Å². The molecule has 2 aromatic carbocycles. The fourth-order valence-corrected chi connectivity index (χ4v) is 2.42. The van der Waals surface area contributed by atoms with Crippen LogP contribution in [0.5, 0.6) is 0 Å². The molecule has 0 spiro atoms. The van der Waals surface area contributed by atoms with Crippen LogP contribution < -0.4 is 5.46 Å². The Morgan fingerprint density at radius 2 is 1.22 bits per heavy atom. The summed E-state index contributed by atoms with van der Waals surface area (Å²) in [6, 6.07) is 11.0. The minimum Gasteiger partial charge on any atom is -0.281 e. The number of fused-ring (bicyclic) bond motifs is 4. The van der Waals surface area contributed by atoms with Crippen LogP contribution in [0.2, 0.25) is 0 Å². The Kier molecular flexibility index (Phi) is 13.7. The zero-order valence-electron chi connectivity index (χ0n) is 13.3. The van der Waals surface area contributed by atoms with Gasteiger partial charge in [0.05, 0.1) is 7.18 Å². The topological polar surface area (TPSA) is 0 Å². The predicted molar refractivity (Wildman–Crippen MR) is 83.8 cm³/mol. The van der Waals surface area contributed by atoms with Gasteiger partial charge in [-0.15, -0.1) is 0 Å². The van der Waals surface area contributed by atoms with Crippen molar-refractivity contribution in [2.45, 2.75) is 20.8 Å². The third-order valence-corrected chi connectivity index (χ3v) is 3.14. The van der Waals surface area contributed by atoms with Crippen molar-refractivity contribution in [3.8, 4) is 22.3 Å². The first-order valence-electron chi connectivity index (χ1n) is 6.73. The molecule has 1 aliphatic carbocycles. The van der Waals surface area contributed by atoms with Crippen LogP contribution in [0.25, 0.3) is 22.3 Å².